The molecule has 158 valence electrons. The number of carbonyl (C=O) groups excluding carboxylic acids is 1. The Morgan fingerprint density at radius 1 is 1.06 bits per heavy atom. The predicted molar refractivity (Wildman–Crippen MR) is 130 cm³/mol. The molecule has 0 fully saturated rings. The van der Waals surface area contributed by atoms with Gasteiger partial charge in [0.05, 0.1) is 11.0 Å². The van der Waals surface area contributed by atoms with Gasteiger partial charge in [0.25, 0.3) is 0 Å². The number of likely N-dealkylation sites (N-methyl/N-ethyl adjacent to an activating group) is 1. The summed E-state index contributed by atoms with van der Waals surface area (Å²) >= 11 is 0. The van der Waals surface area contributed by atoms with Crippen molar-refractivity contribution in [1.82, 2.24) is 19.9 Å². The SMILES string of the molecule is CNC(=O)/C=C/c1cccc(-c2nc3ccccc3n2CCc2c[nH]c3ccccc23)c1. The second-order valence-electron chi connectivity index (χ2n) is 7.76. The molecule has 0 spiro atoms. The van der Waals surface area contributed by atoms with Crippen LogP contribution in [0.5, 0.6) is 0 Å². The van der Waals surface area contributed by atoms with Gasteiger partial charge in [-0.05, 0) is 47.9 Å². The fraction of sp³-hybridized carbons (Fsp3) is 0.111. The zero-order valence-electron chi connectivity index (χ0n) is 17.9. The summed E-state index contributed by atoms with van der Waals surface area (Å²) in [6.07, 6.45) is 6.36. The highest BCUT2D eigenvalue weighted by molar-refractivity contribution is 5.91. The number of H-pyrrole nitrogens is 1. The molecule has 2 N–H and O–H groups in total. The van der Waals surface area contributed by atoms with Gasteiger partial charge in [-0.3, -0.25) is 4.79 Å². The number of hydrogen-bond donors (Lipinski definition) is 2. The van der Waals surface area contributed by atoms with E-state index in [-0.39, 0.29) is 5.91 Å². The monoisotopic (exact) mass is 420 g/mol. The molecule has 0 aliphatic rings. The molecule has 0 aliphatic carbocycles. The van der Waals surface area contributed by atoms with Gasteiger partial charge in [-0.15, -0.1) is 0 Å². The highest BCUT2D eigenvalue weighted by atomic mass is 16.1. The molecule has 0 radical (unpaired) electrons. The van der Waals surface area contributed by atoms with E-state index >= 15 is 0 Å². The average molecular weight is 421 g/mol. The van der Waals surface area contributed by atoms with Crippen molar-refractivity contribution < 1.29 is 4.79 Å². The number of fused-ring (bicyclic) bond motifs is 2. The van der Waals surface area contributed by atoms with E-state index in [9.17, 15) is 4.79 Å². The summed E-state index contributed by atoms with van der Waals surface area (Å²) in [7, 11) is 1.62. The van der Waals surface area contributed by atoms with Crippen LogP contribution in [0, 0.1) is 0 Å². The van der Waals surface area contributed by atoms with Crippen molar-refractivity contribution in [3.8, 4) is 11.4 Å². The largest absolute Gasteiger partial charge is 0.361 e. The second-order valence-corrected chi connectivity index (χ2v) is 7.76. The number of hydrogen-bond acceptors (Lipinski definition) is 2. The molecule has 0 saturated carbocycles. The number of nitrogens with one attached hydrogen (secondary N) is 2. The van der Waals surface area contributed by atoms with E-state index in [2.05, 4.69) is 75.7 Å². The van der Waals surface area contributed by atoms with Crippen LogP contribution in [0.25, 0.3) is 39.4 Å². The Labute approximate surface area is 186 Å². The Kier molecular flexibility index (Phi) is 5.30. The smallest absolute Gasteiger partial charge is 0.243 e. The molecule has 32 heavy (non-hydrogen) atoms. The summed E-state index contributed by atoms with van der Waals surface area (Å²) in [5.74, 6) is 0.808. The number of benzene rings is 3. The Morgan fingerprint density at radius 2 is 1.91 bits per heavy atom. The van der Waals surface area contributed by atoms with Crippen LogP contribution in [0.2, 0.25) is 0 Å². The van der Waals surface area contributed by atoms with Crippen molar-refractivity contribution in [2.45, 2.75) is 13.0 Å². The Hall–Kier alpha value is -4.12. The number of nitrogens with zero attached hydrogens (tertiary/aromatic N) is 2. The minimum absolute atomic E-state index is 0.124. The van der Waals surface area contributed by atoms with Crippen molar-refractivity contribution in [3.05, 3.63) is 96.2 Å². The van der Waals surface area contributed by atoms with Crippen molar-refractivity contribution in [3.63, 3.8) is 0 Å². The molecule has 0 aliphatic heterocycles. The number of aromatic amines is 1. The highest BCUT2D eigenvalue weighted by Gasteiger charge is 2.13. The Bertz CT molecular complexity index is 1440. The van der Waals surface area contributed by atoms with Gasteiger partial charge < -0.3 is 14.9 Å². The lowest BCUT2D eigenvalue weighted by Crippen LogP contribution is -2.13. The molecule has 5 rings (SSSR count). The van der Waals surface area contributed by atoms with Crippen molar-refractivity contribution >= 4 is 33.9 Å². The number of carbonyl (C=O) groups is 1. The Morgan fingerprint density at radius 3 is 2.81 bits per heavy atom. The van der Waals surface area contributed by atoms with Crippen LogP contribution < -0.4 is 5.32 Å². The van der Waals surface area contributed by atoms with E-state index in [4.69, 9.17) is 4.98 Å². The van der Waals surface area contributed by atoms with Crippen LogP contribution >= 0.6 is 0 Å². The molecule has 1 amide bonds. The number of amides is 1. The van der Waals surface area contributed by atoms with E-state index in [0.29, 0.717) is 0 Å². The molecule has 2 heterocycles. The zero-order valence-corrected chi connectivity index (χ0v) is 17.9. The fourth-order valence-corrected chi connectivity index (χ4v) is 4.13. The fourth-order valence-electron chi connectivity index (χ4n) is 4.13. The van der Waals surface area contributed by atoms with Crippen LogP contribution in [-0.4, -0.2) is 27.5 Å². The maximum absolute atomic E-state index is 11.6. The van der Waals surface area contributed by atoms with Crippen molar-refractivity contribution in [2.75, 3.05) is 7.05 Å². The molecule has 2 aromatic heterocycles. The van der Waals surface area contributed by atoms with E-state index in [1.54, 1.807) is 13.1 Å². The van der Waals surface area contributed by atoms with Crippen LogP contribution in [0.4, 0.5) is 0 Å². The predicted octanol–water partition coefficient (Wildman–Crippen LogP) is 5.19. The first kappa shape index (κ1) is 19.8. The van der Waals surface area contributed by atoms with Crippen LogP contribution in [0.15, 0.2) is 85.1 Å². The summed E-state index contributed by atoms with van der Waals surface area (Å²) < 4.78 is 2.29. The first-order valence-electron chi connectivity index (χ1n) is 10.7. The summed E-state index contributed by atoms with van der Waals surface area (Å²) in [5.41, 5.74) is 6.54. The van der Waals surface area contributed by atoms with Crippen molar-refractivity contribution in [2.24, 2.45) is 0 Å². The van der Waals surface area contributed by atoms with Gasteiger partial charge in [-0.2, -0.15) is 0 Å². The molecule has 5 aromatic rings. The van der Waals surface area contributed by atoms with Gasteiger partial charge in [0.1, 0.15) is 5.82 Å². The van der Waals surface area contributed by atoms with Gasteiger partial charge in [0, 0.05) is 42.3 Å². The van der Waals surface area contributed by atoms with Gasteiger partial charge >= 0.3 is 0 Å². The van der Waals surface area contributed by atoms with Gasteiger partial charge in [-0.1, -0.05) is 48.5 Å². The van der Waals surface area contributed by atoms with Gasteiger partial charge in [0.15, 0.2) is 0 Å². The van der Waals surface area contributed by atoms with Gasteiger partial charge in [-0.25, -0.2) is 4.98 Å². The number of para-hydroxylation sites is 3. The zero-order chi connectivity index (χ0) is 21.9. The lowest BCUT2D eigenvalue weighted by atomic mass is 10.1. The average Bonchev–Trinajstić information content (AvgIpc) is 3.42. The second kappa shape index (κ2) is 8.55. The number of aromatic nitrogens is 3. The molecule has 0 saturated heterocycles. The topological polar surface area (TPSA) is 62.7 Å². The van der Waals surface area contributed by atoms with Crippen LogP contribution in [0.1, 0.15) is 11.1 Å². The number of imidazole rings is 1. The Balaban J connectivity index is 1.52. The first-order chi connectivity index (χ1) is 15.7. The summed E-state index contributed by atoms with van der Waals surface area (Å²) in [5, 5.41) is 3.87. The quantitative estimate of drug-likeness (QED) is 0.372. The first-order valence-corrected chi connectivity index (χ1v) is 10.7. The summed E-state index contributed by atoms with van der Waals surface area (Å²) in [6, 6.07) is 24.8. The standard InChI is InChI=1S/C27H24N4O/c1-28-26(32)14-13-19-7-6-8-20(17-19)27-30-24-11-4-5-12-25(24)31(27)16-15-21-18-29-23-10-3-2-9-22(21)23/h2-14,17-18,29H,15-16H2,1H3,(H,28,32)/b14-13+. The third-order valence-electron chi connectivity index (χ3n) is 5.75. The van der Waals surface area contributed by atoms with E-state index in [0.717, 1.165) is 46.5 Å². The molecule has 0 unspecified atom stereocenters. The molecule has 5 nitrogen and oxygen atoms in total. The molecular weight excluding hydrogens is 396 g/mol. The maximum atomic E-state index is 11.6. The van der Waals surface area contributed by atoms with Crippen LogP contribution in [-0.2, 0) is 17.8 Å². The maximum Gasteiger partial charge on any atom is 0.243 e. The minimum atomic E-state index is -0.124. The lowest BCUT2D eigenvalue weighted by molar-refractivity contribution is -0.115. The van der Waals surface area contributed by atoms with Crippen LogP contribution in [0.3, 0.4) is 0 Å². The molecule has 3 aromatic carbocycles. The number of aryl methyl sites for hydroxylation is 2. The van der Waals surface area contributed by atoms with Gasteiger partial charge in [0.2, 0.25) is 5.91 Å². The van der Waals surface area contributed by atoms with Crippen molar-refractivity contribution in [1.29, 1.82) is 0 Å². The summed E-state index contributed by atoms with van der Waals surface area (Å²) in [6.45, 7) is 0.815. The third-order valence-corrected chi connectivity index (χ3v) is 5.75. The lowest BCUT2D eigenvalue weighted by Gasteiger charge is -2.10. The summed E-state index contributed by atoms with van der Waals surface area (Å²) in [4.78, 5) is 19.9. The number of rotatable bonds is 6. The highest BCUT2D eigenvalue weighted by Crippen LogP contribution is 2.27. The molecular formula is C27H24N4O. The van der Waals surface area contributed by atoms with E-state index in [1.807, 2.05) is 24.3 Å². The van der Waals surface area contributed by atoms with E-state index in [1.165, 1.54) is 10.9 Å². The minimum Gasteiger partial charge on any atom is -0.361 e. The molecule has 0 atom stereocenters. The molecule has 0 bridgehead atoms. The van der Waals surface area contributed by atoms with E-state index < -0.39 is 0 Å². The third kappa shape index (κ3) is 3.81. The molecule has 5 heteroatoms. The normalized spacial score (nSPS) is 11.5.